The van der Waals surface area contributed by atoms with Crippen molar-refractivity contribution in [1.82, 2.24) is 0 Å². The lowest BCUT2D eigenvalue weighted by Crippen LogP contribution is -2.71. The molecule has 0 aromatic heterocycles. The molecule has 3 fully saturated rings. The average molecular weight is 509 g/mol. The molecule has 2 unspecified atom stereocenters. The summed E-state index contributed by atoms with van der Waals surface area (Å²) in [7, 11) is 1.34. The minimum Gasteiger partial charge on any atom is -0.468 e. The summed E-state index contributed by atoms with van der Waals surface area (Å²) in [5.74, 6) is -2.24. The van der Waals surface area contributed by atoms with Crippen molar-refractivity contribution in [2.45, 2.75) is 97.1 Å². The van der Waals surface area contributed by atoms with E-state index in [0.29, 0.717) is 25.7 Å². The molecule has 36 heavy (non-hydrogen) atoms. The monoisotopic (exact) mass is 508 g/mol. The zero-order valence-electron chi connectivity index (χ0n) is 22.5. The quantitative estimate of drug-likeness (QED) is 0.302. The van der Waals surface area contributed by atoms with E-state index in [-0.39, 0.29) is 24.9 Å². The van der Waals surface area contributed by atoms with Gasteiger partial charge in [-0.15, -0.1) is 6.58 Å². The Morgan fingerprint density at radius 3 is 2.14 bits per heavy atom. The fraction of sp³-hybridized carbons (Fsp3) is 0.778. The van der Waals surface area contributed by atoms with Crippen LogP contribution in [0, 0.1) is 22.7 Å². The molecule has 1 saturated heterocycles. The van der Waals surface area contributed by atoms with E-state index >= 15 is 0 Å². The highest BCUT2D eigenvalue weighted by Crippen LogP contribution is 2.66. The molecule has 202 valence electrons. The predicted octanol–water partition coefficient (Wildman–Crippen LogP) is 3.52. The smallest absolute Gasteiger partial charge is 0.315 e. The second kappa shape index (κ2) is 9.80. The van der Waals surface area contributed by atoms with Crippen LogP contribution >= 0.6 is 0 Å². The van der Waals surface area contributed by atoms with Crippen LogP contribution in [0.2, 0.25) is 0 Å². The number of hydrogen-bond donors (Lipinski definition) is 0. The summed E-state index contributed by atoms with van der Waals surface area (Å²) in [6.45, 7) is 13.9. The highest BCUT2D eigenvalue weighted by Gasteiger charge is 2.70. The minimum absolute atomic E-state index is 0.0412. The number of methoxy groups -OCH3 is 1. The maximum Gasteiger partial charge on any atom is 0.315 e. The van der Waals surface area contributed by atoms with Gasteiger partial charge in [0.05, 0.1) is 12.7 Å². The molecule has 8 atom stereocenters. The van der Waals surface area contributed by atoms with E-state index in [1.54, 1.807) is 6.08 Å². The van der Waals surface area contributed by atoms with Gasteiger partial charge in [0.1, 0.15) is 29.8 Å². The third kappa shape index (κ3) is 4.66. The number of hydrogen-bond acceptors (Lipinski definition) is 9. The van der Waals surface area contributed by atoms with Crippen LogP contribution < -0.4 is 0 Å². The molecular weight excluding hydrogens is 468 g/mol. The standard InChI is InChI=1S/C27H40O9/c1-9-27(15-33-16(2)28)14-19(34-17(3)29)22-24(5)12-11-21(35-18(4)30)26(7,23(31)32-8)20(24)10-13-25(22,6)36-27/h9,19-22H,1,10-15H2,2-8H3/t19-,20?,21+,22?,24+,25-,26+,27-/m0/s1. The Morgan fingerprint density at radius 2 is 1.61 bits per heavy atom. The van der Waals surface area contributed by atoms with Gasteiger partial charge in [0.2, 0.25) is 0 Å². The van der Waals surface area contributed by atoms with Gasteiger partial charge in [0.15, 0.2) is 0 Å². The number of ether oxygens (including phenoxy) is 5. The van der Waals surface area contributed by atoms with Gasteiger partial charge < -0.3 is 23.7 Å². The molecule has 0 aromatic carbocycles. The summed E-state index contributed by atoms with van der Waals surface area (Å²) in [5, 5.41) is 0. The highest BCUT2D eigenvalue weighted by molar-refractivity contribution is 5.79. The second-order valence-electron chi connectivity index (χ2n) is 11.3. The molecule has 2 aliphatic carbocycles. The van der Waals surface area contributed by atoms with Crippen molar-refractivity contribution in [3.05, 3.63) is 12.7 Å². The lowest BCUT2D eigenvalue weighted by molar-refractivity contribution is -0.302. The molecule has 1 heterocycles. The van der Waals surface area contributed by atoms with E-state index in [2.05, 4.69) is 13.5 Å². The van der Waals surface area contributed by atoms with E-state index < -0.39 is 58.1 Å². The third-order valence-electron chi connectivity index (χ3n) is 8.93. The molecule has 1 aliphatic heterocycles. The van der Waals surface area contributed by atoms with E-state index in [0.717, 1.165) is 0 Å². The van der Waals surface area contributed by atoms with E-state index in [9.17, 15) is 19.2 Å². The lowest BCUT2D eigenvalue weighted by Gasteiger charge is -2.66. The Labute approximate surface area is 213 Å². The van der Waals surface area contributed by atoms with Crippen molar-refractivity contribution in [3.63, 3.8) is 0 Å². The van der Waals surface area contributed by atoms with Crippen molar-refractivity contribution >= 4 is 23.9 Å². The molecule has 0 N–H and O–H groups in total. The first-order valence-corrected chi connectivity index (χ1v) is 12.6. The summed E-state index contributed by atoms with van der Waals surface area (Å²) in [5.41, 5.74) is -3.38. The van der Waals surface area contributed by atoms with Gasteiger partial charge in [-0.1, -0.05) is 13.0 Å². The first-order chi connectivity index (χ1) is 16.7. The summed E-state index contributed by atoms with van der Waals surface area (Å²) < 4.78 is 28.9. The second-order valence-corrected chi connectivity index (χ2v) is 11.3. The number of carbonyl (C=O) groups is 4. The number of esters is 4. The lowest BCUT2D eigenvalue weighted by atomic mass is 9.43. The Balaban J connectivity index is 2.10. The van der Waals surface area contributed by atoms with Crippen LogP contribution in [0.25, 0.3) is 0 Å². The fourth-order valence-electron chi connectivity index (χ4n) is 7.70. The van der Waals surface area contributed by atoms with Gasteiger partial charge in [-0.2, -0.15) is 0 Å². The first-order valence-electron chi connectivity index (χ1n) is 12.6. The van der Waals surface area contributed by atoms with Crippen LogP contribution in [0.3, 0.4) is 0 Å². The molecule has 9 nitrogen and oxygen atoms in total. The van der Waals surface area contributed by atoms with Gasteiger partial charge in [0.25, 0.3) is 0 Å². The van der Waals surface area contributed by atoms with Crippen molar-refractivity contribution in [3.8, 4) is 0 Å². The predicted molar refractivity (Wildman–Crippen MR) is 128 cm³/mol. The Bertz CT molecular complexity index is 930. The first kappa shape index (κ1) is 28.2. The Kier molecular flexibility index (Phi) is 7.66. The molecule has 0 spiro atoms. The van der Waals surface area contributed by atoms with Crippen LogP contribution in [0.15, 0.2) is 12.7 Å². The van der Waals surface area contributed by atoms with Crippen LogP contribution in [0.4, 0.5) is 0 Å². The Morgan fingerprint density at radius 1 is 0.972 bits per heavy atom. The van der Waals surface area contributed by atoms with Crippen LogP contribution in [-0.4, -0.2) is 61.0 Å². The summed E-state index contributed by atoms with van der Waals surface area (Å²) in [6.07, 6.45) is 2.91. The summed E-state index contributed by atoms with van der Waals surface area (Å²) in [4.78, 5) is 49.1. The number of fused-ring (bicyclic) bond motifs is 3. The average Bonchev–Trinajstić information content (AvgIpc) is 2.77. The molecule has 0 aromatic rings. The van der Waals surface area contributed by atoms with Gasteiger partial charge in [-0.3, -0.25) is 19.2 Å². The molecule has 3 rings (SSSR count). The van der Waals surface area contributed by atoms with Crippen molar-refractivity contribution in [1.29, 1.82) is 0 Å². The number of carbonyl (C=O) groups excluding carboxylic acids is 4. The minimum atomic E-state index is -1.08. The summed E-state index contributed by atoms with van der Waals surface area (Å²) >= 11 is 0. The largest absolute Gasteiger partial charge is 0.468 e. The molecule has 3 aliphatic rings. The third-order valence-corrected chi connectivity index (χ3v) is 8.93. The van der Waals surface area contributed by atoms with Crippen LogP contribution in [-0.2, 0) is 42.9 Å². The van der Waals surface area contributed by atoms with Crippen LogP contribution in [0.1, 0.15) is 73.6 Å². The van der Waals surface area contributed by atoms with E-state index in [4.69, 9.17) is 23.7 Å². The van der Waals surface area contributed by atoms with Crippen molar-refractivity contribution in [2.24, 2.45) is 22.7 Å². The maximum absolute atomic E-state index is 13.3. The highest BCUT2D eigenvalue weighted by atomic mass is 16.6. The SMILES string of the molecule is C=C[C@@]1(COC(C)=O)C[C@H](OC(C)=O)C2[C@]3(C)CC[C@@H](OC(C)=O)[C@](C)(C(=O)OC)C3CC[C@]2(C)O1. The number of rotatable bonds is 6. The zero-order chi connectivity index (χ0) is 27.1. The molecule has 9 heteroatoms. The maximum atomic E-state index is 13.3. The topological polar surface area (TPSA) is 114 Å². The van der Waals surface area contributed by atoms with E-state index in [1.807, 2.05) is 13.8 Å². The molecule has 0 radical (unpaired) electrons. The van der Waals surface area contributed by atoms with Crippen molar-refractivity contribution in [2.75, 3.05) is 13.7 Å². The van der Waals surface area contributed by atoms with Gasteiger partial charge in [-0.05, 0) is 50.9 Å². The molecule has 0 amide bonds. The van der Waals surface area contributed by atoms with Gasteiger partial charge >= 0.3 is 23.9 Å². The molecular formula is C27H40O9. The van der Waals surface area contributed by atoms with E-state index in [1.165, 1.54) is 27.9 Å². The molecule has 0 bridgehead atoms. The fourth-order valence-corrected chi connectivity index (χ4v) is 7.70. The summed E-state index contributed by atoms with van der Waals surface area (Å²) in [6, 6.07) is 0. The van der Waals surface area contributed by atoms with Gasteiger partial charge in [-0.25, -0.2) is 0 Å². The Hall–Kier alpha value is -2.42. The van der Waals surface area contributed by atoms with Crippen molar-refractivity contribution < 1.29 is 42.9 Å². The normalized spacial score (nSPS) is 41.6. The molecule has 2 saturated carbocycles. The van der Waals surface area contributed by atoms with Gasteiger partial charge in [0, 0.05) is 33.1 Å². The van der Waals surface area contributed by atoms with Crippen LogP contribution in [0.5, 0.6) is 0 Å². The zero-order valence-corrected chi connectivity index (χ0v) is 22.5.